The predicted molar refractivity (Wildman–Crippen MR) is 54.9 cm³/mol. The molecule has 8 heteroatoms. The van der Waals surface area contributed by atoms with Gasteiger partial charge >= 0.3 is 12.3 Å². The first-order valence-electron chi connectivity index (χ1n) is 4.83. The smallest absolute Gasteiger partial charge is 0.465 e. The van der Waals surface area contributed by atoms with E-state index in [0.29, 0.717) is 0 Å². The molecule has 0 saturated carbocycles. The summed E-state index contributed by atoms with van der Waals surface area (Å²) in [6.45, 7) is 1.25. The lowest BCUT2D eigenvalue weighted by Crippen LogP contribution is -2.21. The Morgan fingerprint density at radius 1 is 1.50 bits per heavy atom. The van der Waals surface area contributed by atoms with E-state index in [4.69, 9.17) is 5.73 Å². The molecule has 0 fully saturated rings. The zero-order chi connectivity index (χ0) is 13.9. The summed E-state index contributed by atoms with van der Waals surface area (Å²) in [5.41, 5.74) is 5.16. The number of nitrogens with two attached hydrogens (primary N) is 1. The summed E-state index contributed by atoms with van der Waals surface area (Å²) < 4.78 is 44.9. The summed E-state index contributed by atoms with van der Waals surface area (Å²) in [7, 11) is 1.04. The average molecular weight is 264 g/mol. The van der Waals surface area contributed by atoms with Crippen molar-refractivity contribution >= 4 is 5.97 Å². The van der Waals surface area contributed by atoms with Gasteiger partial charge in [-0.2, -0.15) is 0 Å². The van der Waals surface area contributed by atoms with Crippen LogP contribution in [0.3, 0.4) is 0 Å². The number of rotatable bonds is 3. The van der Waals surface area contributed by atoms with Crippen LogP contribution in [-0.2, 0) is 11.3 Å². The lowest BCUT2D eigenvalue weighted by atomic mass is 10.1. The number of nitrogens with zero attached hydrogens (tertiary/aromatic N) is 1. The minimum absolute atomic E-state index is 0.0129. The number of esters is 1. The molecule has 0 amide bonds. The molecule has 0 radical (unpaired) electrons. The standard InChI is InChI=1S/C10H11F3N2O3/c1-5-3-7(18-10(11,12)13)8(9(16)17-2)6(4-14)15-5/h3H,4,14H2,1-2H3. The first-order valence-corrected chi connectivity index (χ1v) is 4.83. The van der Waals surface area contributed by atoms with Gasteiger partial charge in [-0.05, 0) is 6.92 Å². The fraction of sp³-hybridized carbons (Fsp3) is 0.400. The van der Waals surface area contributed by atoms with E-state index in [9.17, 15) is 18.0 Å². The van der Waals surface area contributed by atoms with Crippen molar-refractivity contribution in [2.24, 2.45) is 5.73 Å². The summed E-state index contributed by atoms with van der Waals surface area (Å²) in [4.78, 5) is 15.3. The maximum atomic E-state index is 12.2. The molecular weight excluding hydrogens is 253 g/mol. The molecule has 2 N–H and O–H groups in total. The number of methoxy groups -OCH3 is 1. The van der Waals surface area contributed by atoms with Gasteiger partial charge < -0.3 is 15.2 Å². The third kappa shape index (κ3) is 3.33. The fourth-order valence-corrected chi connectivity index (χ4v) is 1.38. The molecule has 1 aromatic heterocycles. The number of carbonyl (C=O) groups is 1. The Labute approximate surface area is 101 Å². The molecule has 100 valence electrons. The van der Waals surface area contributed by atoms with Crippen LogP contribution in [0.4, 0.5) is 13.2 Å². The van der Waals surface area contributed by atoms with E-state index in [-0.39, 0.29) is 17.9 Å². The first kappa shape index (κ1) is 14.2. The molecule has 0 aromatic carbocycles. The van der Waals surface area contributed by atoms with Gasteiger partial charge in [0, 0.05) is 18.3 Å². The molecule has 18 heavy (non-hydrogen) atoms. The third-order valence-electron chi connectivity index (χ3n) is 1.99. The summed E-state index contributed by atoms with van der Waals surface area (Å²) in [6.07, 6.45) is -4.91. The third-order valence-corrected chi connectivity index (χ3v) is 1.99. The van der Waals surface area contributed by atoms with E-state index in [0.717, 1.165) is 13.2 Å². The van der Waals surface area contributed by atoms with Gasteiger partial charge in [0.25, 0.3) is 0 Å². The number of hydrogen-bond acceptors (Lipinski definition) is 5. The lowest BCUT2D eigenvalue weighted by Gasteiger charge is -2.15. The average Bonchev–Trinajstić information content (AvgIpc) is 2.25. The van der Waals surface area contributed by atoms with Crippen molar-refractivity contribution in [1.82, 2.24) is 4.98 Å². The topological polar surface area (TPSA) is 74.4 Å². The molecule has 0 atom stereocenters. The van der Waals surface area contributed by atoms with Gasteiger partial charge in [-0.15, -0.1) is 13.2 Å². The van der Waals surface area contributed by atoms with Crippen molar-refractivity contribution < 1.29 is 27.4 Å². The number of pyridine rings is 1. The monoisotopic (exact) mass is 264 g/mol. The zero-order valence-electron chi connectivity index (χ0n) is 9.67. The Hall–Kier alpha value is -1.83. The highest BCUT2D eigenvalue weighted by molar-refractivity contribution is 5.93. The summed E-state index contributed by atoms with van der Waals surface area (Å²) >= 11 is 0. The van der Waals surface area contributed by atoms with Crippen LogP contribution in [0.1, 0.15) is 21.7 Å². The number of hydrogen-bond donors (Lipinski definition) is 1. The van der Waals surface area contributed by atoms with Crippen LogP contribution in [0, 0.1) is 6.92 Å². The number of carbonyl (C=O) groups excluding carboxylic acids is 1. The maximum absolute atomic E-state index is 12.2. The largest absolute Gasteiger partial charge is 0.573 e. The highest BCUT2D eigenvalue weighted by Gasteiger charge is 2.34. The van der Waals surface area contributed by atoms with E-state index in [1.807, 2.05) is 0 Å². The minimum Gasteiger partial charge on any atom is -0.465 e. The van der Waals surface area contributed by atoms with Gasteiger partial charge in [-0.3, -0.25) is 4.98 Å². The van der Waals surface area contributed by atoms with Gasteiger partial charge in [-0.25, -0.2) is 4.79 Å². The molecular formula is C10H11F3N2O3. The summed E-state index contributed by atoms with van der Waals surface area (Å²) in [5, 5.41) is 0. The summed E-state index contributed by atoms with van der Waals surface area (Å²) in [5.74, 6) is -1.65. The van der Waals surface area contributed by atoms with Crippen LogP contribution in [0.2, 0.25) is 0 Å². The zero-order valence-corrected chi connectivity index (χ0v) is 9.67. The van der Waals surface area contributed by atoms with Crippen LogP contribution in [0.5, 0.6) is 5.75 Å². The van der Waals surface area contributed by atoms with E-state index >= 15 is 0 Å². The highest BCUT2D eigenvalue weighted by atomic mass is 19.4. The van der Waals surface area contributed by atoms with Gasteiger partial charge in [0.2, 0.25) is 0 Å². The second-order valence-electron chi connectivity index (χ2n) is 3.33. The molecule has 1 heterocycles. The normalized spacial score (nSPS) is 11.2. The molecule has 0 unspecified atom stereocenters. The van der Waals surface area contributed by atoms with Crippen molar-refractivity contribution in [2.45, 2.75) is 19.8 Å². The quantitative estimate of drug-likeness (QED) is 0.838. The number of aromatic nitrogens is 1. The predicted octanol–water partition coefficient (Wildman–Crippen LogP) is 1.53. The minimum atomic E-state index is -4.91. The molecule has 0 aliphatic rings. The van der Waals surface area contributed by atoms with Crippen LogP contribution < -0.4 is 10.5 Å². The van der Waals surface area contributed by atoms with Crippen molar-refractivity contribution in [2.75, 3.05) is 7.11 Å². The lowest BCUT2D eigenvalue weighted by molar-refractivity contribution is -0.274. The number of halogens is 3. The Morgan fingerprint density at radius 2 is 2.11 bits per heavy atom. The van der Waals surface area contributed by atoms with Gasteiger partial charge in [-0.1, -0.05) is 0 Å². The van der Waals surface area contributed by atoms with Crippen molar-refractivity contribution in [3.05, 3.63) is 23.0 Å². The number of alkyl halides is 3. The Kier molecular flexibility index (Phi) is 4.12. The van der Waals surface area contributed by atoms with Crippen LogP contribution in [0.25, 0.3) is 0 Å². The second-order valence-corrected chi connectivity index (χ2v) is 3.33. The first-order chi connectivity index (χ1) is 8.28. The van der Waals surface area contributed by atoms with E-state index < -0.39 is 23.6 Å². The van der Waals surface area contributed by atoms with E-state index in [1.54, 1.807) is 0 Å². The van der Waals surface area contributed by atoms with Crippen molar-refractivity contribution in [3.8, 4) is 5.75 Å². The van der Waals surface area contributed by atoms with E-state index in [2.05, 4.69) is 14.5 Å². The molecule has 1 aromatic rings. The molecule has 5 nitrogen and oxygen atoms in total. The van der Waals surface area contributed by atoms with Gasteiger partial charge in [0.15, 0.2) is 0 Å². The molecule has 0 spiro atoms. The van der Waals surface area contributed by atoms with Gasteiger partial charge in [0.1, 0.15) is 11.3 Å². The van der Waals surface area contributed by atoms with E-state index in [1.165, 1.54) is 6.92 Å². The van der Waals surface area contributed by atoms with Crippen molar-refractivity contribution in [3.63, 3.8) is 0 Å². The molecule has 0 aliphatic carbocycles. The Bertz CT molecular complexity index is 460. The van der Waals surface area contributed by atoms with Crippen molar-refractivity contribution in [1.29, 1.82) is 0 Å². The highest BCUT2D eigenvalue weighted by Crippen LogP contribution is 2.29. The molecule has 0 saturated heterocycles. The van der Waals surface area contributed by atoms with Crippen LogP contribution in [0.15, 0.2) is 6.07 Å². The molecule has 1 rings (SSSR count). The number of aryl methyl sites for hydroxylation is 1. The fourth-order valence-electron chi connectivity index (χ4n) is 1.38. The summed E-state index contributed by atoms with van der Waals surface area (Å²) in [6, 6.07) is 0.999. The maximum Gasteiger partial charge on any atom is 0.573 e. The van der Waals surface area contributed by atoms with Crippen LogP contribution in [-0.4, -0.2) is 24.4 Å². The van der Waals surface area contributed by atoms with Crippen LogP contribution >= 0.6 is 0 Å². The number of ether oxygens (including phenoxy) is 2. The SMILES string of the molecule is COC(=O)c1c(OC(F)(F)F)cc(C)nc1CN. The Morgan fingerprint density at radius 3 is 2.56 bits per heavy atom. The Balaban J connectivity index is 3.37. The molecule has 0 aliphatic heterocycles. The van der Waals surface area contributed by atoms with Gasteiger partial charge in [0.05, 0.1) is 12.8 Å². The molecule has 0 bridgehead atoms. The second kappa shape index (κ2) is 5.21.